The van der Waals surface area contributed by atoms with Crippen LogP contribution in [0.1, 0.15) is 13.8 Å². The highest BCUT2D eigenvalue weighted by Crippen LogP contribution is 2.13. The molecular weight excluding hydrogens is 168 g/mol. The number of ether oxygens (including phenoxy) is 1. The fraction of sp³-hybridized carbons (Fsp3) is 1.00. The first-order valence-electron chi connectivity index (χ1n) is 4.89. The fourth-order valence-corrected chi connectivity index (χ4v) is 1.60. The average Bonchev–Trinajstić information content (AvgIpc) is 2.13. The van der Waals surface area contributed by atoms with Gasteiger partial charge in [0.25, 0.3) is 0 Å². The second-order valence-electron chi connectivity index (χ2n) is 3.70. The number of nitrogens with two attached hydrogens (primary N) is 1. The van der Waals surface area contributed by atoms with E-state index in [1.54, 1.807) is 0 Å². The Kier molecular flexibility index (Phi) is 4.12. The van der Waals surface area contributed by atoms with Crippen LogP contribution in [0.2, 0.25) is 0 Å². The molecule has 1 heterocycles. The van der Waals surface area contributed by atoms with Gasteiger partial charge in [-0.3, -0.25) is 4.90 Å². The molecule has 0 spiro atoms. The number of rotatable bonds is 3. The van der Waals surface area contributed by atoms with Crippen molar-refractivity contribution in [1.29, 1.82) is 0 Å². The molecule has 3 N–H and O–H groups in total. The zero-order chi connectivity index (χ0) is 9.84. The molecule has 0 radical (unpaired) electrons. The summed E-state index contributed by atoms with van der Waals surface area (Å²) in [5.41, 5.74) is 5.36. The highest BCUT2D eigenvalue weighted by molar-refractivity contribution is 4.79. The lowest BCUT2D eigenvalue weighted by atomic mass is 10.1. The number of aliphatic hydroxyl groups is 1. The van der Waals surface area contributed by atoms with Crippen LogP contribution >= 0.6 is 0 Å². The van der Waals surface area contributed by atoms with Gasteiger partial charge < -0.3 is 15.6 Å². The summed E-state index contributed by atoms with van der Waals surface area (Å²) in [4.78, 5) is 2.23. The van der Waals surface area contributed by atoms with Crippen LogP contribution < -0.4 is 5.73 Å². The Balaban J connectivity index is 2.39. The average molecular weight is 188 g/mol. The van der Waals surface area contributed by atoms with Crippen LogP contribution in [0.25, 0.3) is 0 Å². The van der Waals surface area contributed by atoms with Gasteiger partial charge in [-0.2, -0.15) is 0 Å². The molecule has 13 heavy (non-hydrogen) atoms. The van der Waals surface area contributed by atoms with Crippen LogP contribution in [0.15, 0.2) is 0 Å². The molecule has 3 unspecified atom stereocenters. The molecule has 0 saturated carbocycles. The molecule has 0 aromatic carbocycles. The quantitative estimate of drug-likeness (QED) is 0.622. The summed E-state index contributed by atoms with van der Waals surface area (Å²) in [7, 11) is 0. The van der Waals surface area contributed by atoms with Crippen molar-refractivity contribution in [3.8, 4) is 0 Å². The van der Waals surface area contributed by atoms with Crippen molar-refractivity contribution >= 4 is 0 Å². The Hall–Kier alpha value is -0.160. The Morgan fingerprint density at radius 1 is 1.62 bits per heavy atom. The normalized spacial score (nSPS) is 33.2. The Bertz CT molecular complexity index is 155. The van der Waals surface area contributed by atoms with Crippen molar-refractivity contribution in [2.75, 3.05) is 26.2 Å². The summed E-state index contributed by atoms with van der Waals surface area (Å²) in [6.45, 7) is 6.81. The molecule has 1 fully saturated rings. The van der Waals surface area contributed by atoms with Crippen molar-refractivity contribution < 1.29 is 9.84 Å². The van der Waals surface area contributed by atoms with Crippen LogP contribution in [-0.4, -0.2) is 54.5 Å². The highest BCUT2D eigenvalue weighted by atomic mass is 16.5. The maximum Gasteiger partial charge on any atom is 0.0789 e. The first-order chi connectivity index (χ1) is 6.15. The standard InChI is InChI=1S/C9H20N2O2/c1-7-8(2)13-4-3-11(7)6-9(12)5-10/h7-9,12H,3-6,10H2,1-2H3. The maximum absolute atomic E-state index is 9.41. The minimum Gasteiger partial charge on any atom is -0.390 e. The minimum atomic E-state index is -0.409. The second-order valence-corrected chi connectivity index (χ2v) is 3.70. The van der Waals surface area contributed by atoms with E-state index in [2.05, 4.69) is 18.7 Å². The molecule has 0 aromatic heterocycles. The minimum absolute atomic E-state index is 0.249. The summed E-state index contributed by atoms with van der Waals surface area (Å²) in [6.07, 6.45) is -0.161. The summed E-state index contributed by atoms with van der Waals surface area (Å²) in [6, 6.07) is 0.370. The van der Waals surface area contributed by atoms with E-state index in [1.807, 2.05) is 0 Å². The molecule has 3 atom stereocenters. The van der Waals surface area contributed by atoms with Gasteiger partial charge in [0, 0.05) is 25.7 Å². The van der Waals surface area contributed by atoms with E-state index in [9.17, 15) is 5.11 Å². The predicted molar refractivity (Wildman–Crippen MR) is 51.5 cm³/mol. The van der Waals surface area contributed by atoms with Gasteiger partial charge in [0.2, 0.25) is 0 Å². The third-order valence-corrected chi connectivity index (χ3v) is 2.73. The molecule has 1 aliphatic heterocycles. The molecular formula is C9H20N2O2. The number of nitrogens with zero attached hydrogens (tertiary/aromatic N) is 1. The zero-order valence-corrected chi connectivity index (χ0v) is 8.44. The van der Waals surface area contributed by atoms with Gasteiger partial charge in [-0.1, -0.05) is 0 Å². The highest BCUT2D eigenvalue weighted by Gasteiger charge is 2.26. The van der Waals surface area contributed by atoms with Gasteiger partial charge in [-0.15, -0.1) is 0 Å². The van der Waals surface area contributed by atoms with Gasteiger partial charge >= 0.3 is 0 Å². The summed E-state index contributed by atoms with van der Waals surface area (Å²) < 4.78 is 5.48. The molecule has 0 bridgehead atoms. The topological polar surface area (TPSA) is 58.7 Å². The number of hydrogen-bond donors (Lipinski definition) is 2. The molecule has 1 rings (SSSR count). The van der Waals surface area contributed by atoms with Crippen LogP contribution in [-0.2, 0) is 4.74 Å². The predicted octanol–water partition coefficient (Wildman–Crippen LogP) is -0.585. The van der Waals surface area contributed by atoms with E-state index in [-0.39, 0.29) is 6.10 Å². The molecule has 0 amide bonds. The van der Waals surface area contributed by atoms with Gasteiger partial charge in [0.15, 0.2) is 0 Å². The molecule has 4 nitrogen and oxygen atoms in total. The molecule has 4 heteroatoms. The number of β-amino-alcohol motifs (C(OH)–C–C–N with tert-alkyl or cyclic N) is 1. The van der Waals surface area contributed by atoms with Crippen LogP contribution in [0.4, 0.5) is 0 Å². The number of aliphatic hydroxyl groups excluding tert-OH is 1. The van der Waals surface area contributed by atoms with Crippen molar-refractivity contribution in [3.05, 3.63) is 0 Å². The number of morpholine rings is 1. The van der Waals surface area contributed by atoms with Crippen molar-refractivity contribution in [3.63, 3.8) is 0 Å². The SMILES string of the molecule is CC1OCCN(CC(O)CN)C1C. The van der Waals surface area contributed by atoms with Crippen molar-refractivity contribution in [2.24, 2.45) is 5.73 Å². The van der Waals surface area contributed by atoms with E-state index in [4.69, 9.17) is 10.5 Å². The maximum atomic E-state index is 9.41. The summed E-state index contributed by atoms with van der Waals surface area (Å²) in [5, 5.41) is 9.41. The molecule has 0 aromatic rings. The third kappa shape index (κ3) is 2.91. The van der Waals surface area contributed by atoms with Crippen LogP contribution in [0, 0.1) is 0 Å². The number of hydrogen-bond acceptors (Lipinski definition) is 4. The van der Waals surface area contributed by atoms with E-state index in [1.165, 1.54) is 0 Å². The summed E-state index contributed by atoms with van der Waals surface area (Å²) in [5.74, 6) is 0. The lowest BCUT2D eigenvalue weighted by molar-refractivity contribution is -0.0660. The molecule has 78 valence electrons. The summed E-state index contributed by atoms with van der Waals surface area (Å²) >= 11 is 0. The van der Waals surface area contributed by atoms with Crippen molar-refractivity contribution in [2.45, 2.75) is 32.1 Å². The lowest BCUT2D eigenvalue weighted by Crippen LogP contribution is -2.51. The van der Waals surface area contributed by atoms with E-state index in [0.29, 0.717) is 19.1 Å². The molecule has 1 aliphatic rings. The smallest absolute Gasteiger partial charge is 0.0789 e. The van der Waals surface area contributed by atoms with Gasteiger partial charge in [0.1, 0.15) is 0 Å². The Labute approximate surface area is 79.7 Å². The van der Waals surface area contributed by atoms with Gasteiger partial charge in [-0.05, 0) is 13.8 Å². The largest absolute Gasteiger partial charge is 0.390 e. The molecule has 0 aliphatic carbocycles. The first kappa shape index (κ1) is 10.9. The Morgan fingerprint density at radius 3 is 2.92 bits per heavy atom. The lowest BCUT2D eigenvalue weighted by Gasteiger charge is -2.38. The first-order valence-corrected chi connectivity index (χ1v) is 4.89. The van der Waals surface area contributed by atoms with E-state index >= 15 is 0 Å². The second kappa shape index (κ2) is 4.91. The van der Waals surface area contributed by atoms with Crippen molar-refractivity contribution in [1.82, 2.24) is 4.90 Å². The monoisotopic (exact) mass is 188 g/mol. The van der Waals surface area contributed by atoms with E-state index < -0.39 is 6.10 Å². The van der Waals surface area contributed by atoms with E-state index in [0.717, 1.165) is 13.2 Å². The molecule has 1 saturated heterocycles. The fourth-order valence-electron chi connectivity index (χ4n) is 1.60. The van der Waals surface area contributed by atoms with Gasteiger partial charge in [0.05, 0.1) is 18.8 Å². The third-order valence-electron chi connectivity index (χ3n) is 2.73. The van der Waals surface area contributed by atoms with Crippen LogP contribution in [0.5, 0.6) is 0 Å². The van der Waals surface area contributed by atoms with Gasteiger partial charge in [-0.25, -0.2) is 0 Å². The zero-order valence-electron chi connectivity index (χ0n) is 8.44. The van der Waals surface area contributed by atoms with Crippen LogP contribution in [0.3, 0.4) is 0 Å². The Morgan fingerprint density at radius 2 is 2.31 bits per heavy atom.